The van der Waals surface area contributed by atoms with Gasteiger partial charge in [-0.25, -0.2) is 9.98 Å². The van der Waals surface area contributed by atoms with Crippen molar-refractivity contribution in [3.05, 3.63) is 93.4 Å². The van der Waals surface area contributed by atoms with E-state index in [9.17, 15) is 0 Å². The van der Waals surface area contributed by atoms with E-state index >= 15 is 0 Å². The predicted molar refractivity (Wildman–Crippen MR) is 138 cm³/mol. The summed E-state index contributed by atoms with van der Waals surface area (Å²) in [6, 6.07) is 13.1. The molecule has 0 aromatic rings. The first-order valence-corrected chi connectivity index (χ1v) is 11.9. The molecule has 0 saturated carbocycles. The molecule has 0 amide bonds. The molecule has 32 heavy (non-hydrogen) atoms. The molecule has 0 aromatic carbocycles. The summed E-state index contributed by atoms with van der Waals surface area (Å²) in [6.45, 7) is 8.94. The Kier molecular flexibility index (Phi) is 5.38. The topological polar surface area (TPSA) is 24.7 Å². The molecule has 0 N–H and O–H groups in total. The fourth-order valence-corrected chi connectivity index (χ4v) is 5.31. The Morgan fingerprint density at radius 3 is 1.41 bits per heavy atom. The summed E-state index contributed by atoms with van der Waals surface area (Å²) in [7, 11) is 0. The lowest BCUT2D eigenvalue weighted by atomic mass is 9.96. The SMILES string of the molecule is CCC1=C(CC)C2=NC1=Cc1cc(c3cccccc1-3)C=C1N=C(C=C2)C(CC)=C1CC. The molecule has 0 unspecified atom stereocenters. The maximum atomic E-state index is 5.11. The minimum absolute atomic E-state index is 0.986. The molecule has 160 valence electrons. The van der Waals surface area contributed by atoms with Crippen molar-refractivity contribution in [1.82, 2.24) is 0 Å². The van der Waals surface area contributed by atoms with E-state index in [2.05, 4.69) is 88.4 Å². The van der Waals surface area contributed by atoms with E-state index in [1.54, 1.807) is 0 Å². The Balaban J connectivity index is 1.84. The van der Waals surface area contributed by atoms with Crippen molar-refractivity contribution in [3.8, 4) is 11.1 Å². The van der Waals surface area contributed by atoms with E-state index in [0.717, 1.165) is 48.5 Å². The average Bonchev–Trinajstić information content (AvgIpc) is 3.34. The van der Waals surface area contributed by atoms with Crippen LogP contribution in [0, 0.1) is 0 Å². The average molecular weight is 419 g/mol. The van der Waals surface area contributed by atoms with Crippen LogP contribution in [0.15, 0.2) is 92.2 Å². The molecule has 2 nitrogen and oxygen atoms in total. The van der Waals surface area contributed by atoms with Crippen LogP contribution < -0.4 is 0 Å². The van der Waals surface area contributed by atoms with Crippen LogP contribution in [0.3, 0.4) is 0 Å². The van der Waals surface area contributed by atoms with Crippen LogP contribution in [-0.2, 0) is 0 Å². The highest BCUT2D eigenvalue weighted by atomic mass is 14.8. The lowest BCUT2D eigenvalue weighted by molar-refractivity contribution is 1.06. The fraction of sp³-hybridized carbons (Fsp3) is 0.267. The van der Waals surface area contributed by atoms with Gasteiger partial charge in [-0.2, -0.15) is 0 Å². The molecular weight excluding hydrogens is 388 g/mol. The molecule has 0 aromatic heterocycles. The quantitative estimate of drug-likeness (QED) is 0.478. The van der Waals surface area contributed by atoms with Gasteiger partial charge in [0.25, 0.3) is 0 Å². The number of rotatable bonds is 4. The van der Waals surface area contributed by atoms with Crippen LogP contribution in [-0.4, -0.2) is 11.4 Å². The largest absolute Gasteiger partial charge is 0.248 e. The van der Waals surface area contributed by atoms with Crippen molar-refractivity contribution >= 4 is 23.6 Å². The second-order valence-electron chi connectivity index (χ2n) is 8.51. The molecule has 2 heteroatoms. The van der Waals surface area contributed by atoms with Gasteiger partial charge in [0.15, 0.2) is 0 Å². The molecule has 6 bridgehead atoms. The summed E-state index contributed by atoms with van der Waals surface area (Å²) < 4.78 is 0. The highest BCUT2D eigenvalue weighted by Crippen LogP contribution is 2.40. The second-order valence-corrected chi connectivity index (χ2v) is 8.51. The molecule has 3 heterocycles. The van der Waals surface area contributed by atoms with E-state index in [4.69, 9.17) is 9.98 Å². The summed E-state index contributed by atoms with van der Waals surface area (Å²) >= 11 is 0. The molecule has 0 saturated heterocycles. The molecular formula is C30H30N2. The third kappa shape index (κ3) is 3.26. The highest BCUT2D eigenvalue weighted by Gasteiger charge is 2.24. The number of aliphatic imine (C=N–C) groups is 2. The van der Waals surface area contributed by atoms with Crippen molar-refractivity contribution < 1.29 is 0 Å². The van der Waals surface area contributed by atoms with E-state index in [1.165, 1.54) is 44.5 Å². The van der Waals surface area contributed by atoms with Crippen molar-refractivity contribution in [2.24, 2.45) is 9.98 Å². The monoisotopic (exact) mass is 418 g/mol. The van der Waals surface area contributed by atoms with Gasteiger partial charge < -0.3 is 0 Å². The number of hydrogen-bond donors (Lipinski definition) is 0. The van der Waals surface area contributed by atoms with Gasteiger partial charge in [-0.1, -0.05) is 58.0 Å². The predicted octanol–water partition coefficient (Wildman–Crippen LogP) is 8.19. The first-order chi connectivity index (χ1) is 15.7. The Morgan fingerprint density at radius 2 is 1.00 bits per heavy atom. The minimum Gasteiger partial charge on any atom is -0.248 e. The van der Waals surface area contributed by atoms with Crippen LogP contribution >= 0.6 is 0 Å². The fourth-order valence-electron chi connectivity index (χ4n) is 5.31. The Bertz CT molecular complexity index is 1190. The van der Waals surface area contributed by atoms with Crippen LogP contribution in [0.1, 0.15) is 64.5 Å². The maximum absolute atomic E-state index is 5.11. The van der Waals surface area contributed by atoms with Gasteiger partial charge in [-0.3, -0.25) is 0 Å². The first-order valence-electron chi connectivity index (χ1n) is 11.9. The summed E-state index contributed by atoms with van der Waals surface area (Å²) in [6.07, 6.45) is 12.9. The summed E-state index contributed by atoms with van der Waals surface area (Å²) in [5, 5.41) is 0. The highest BCUT2D eigenvalue weighted by molar-refractivity contribution is 6.19. The van der Waals surface area contributed by atoms with E-state index in [-0.39, 0.29) is 0 Å². The Morgan fingerprint density at radius 1 is 0.562 bits per heavy atom. The van der Waals surface area contributed by atoms with E-state index < -0.39 is 0 Å². The van der Waals surface area contributed by atoms with Crippen LogP contribution in [0.4, 0.5) is 0 Å². The maximum Gasteiger partial charge on any atom is 0.0678 e. The van der Waals surface area contributed by atoms with Crippen LogP contribution in [0.2, 0.25) is 0 Å². The Labute approximate surface area is 191 Å². The standard InChI is InChI=1S/C30H30N2/c1-5-21-23(7-3)29-17-19-16-20(26-13-11-9-10-12-25(19)26)18-30-24(8-4)22(6-2)28(32-30)15-14-27(21)31-29/h9-18H,5-8H2,1-4H3. The minimum atomic E-state index is 0.986. The molecule has 0 atom stereocenters. The molecule has 5 aliphatic rings. The zero-order valence-corrected chi connectivity index (χ0v) is 19.5. The molecule has 5 rings (SSSR count). The van der Waals surface area contributed by atoms with Gasteiger partial charge in [0.1, 0.15) is 0 Å². The molecule has 0 fully saturated rings. The summed E-state index contributed by atoms with van der Waals surface area (Å²) in [5.74, 6) is 0. The summed E-state index contributed by atoms with van der Waals surface area (Å²) in [5.41, 5.74) is 14.8. The van der Waals surface area contributed by atoms with Gasteiger partial charge in [-0.15, -0.1) is 0 Å². The van der Waals surface area contributed by atoms with Gasteiger partial charge in [0, 0.05) is 0 Å². The smallest absolute Gasteiger partial charge is 0.0678 e. The summed E-state index contributed by atoms with van der Waals surface area (Å²) in [4.78, 5) is 10.2. The number of allylic oxidation sites excluding steroid dienone is 6. The molecule has 2 aliphatic carbocycles. The number of nitrogens with zero attached hydrogens (tertiary/aromatic N) is 2. The third-order valence-corrected chi connectivity index (χ3v) is 6.82. The van der Waals surface area contributed by atoms with Crippen molar-refractivity contribution in [3.63, 3.8) is 0 Å². The van der Waals surface area contributed by atoms with Gasteiger partial charge in [0.2, 0.25) is 0 Å². The lowest BCUT2D eigenvalue weighted by Gasteiger charge is -2.05. The normalized spacial score (nSPS) is 17.6. The number of fused-ring (bicyclic) bond motifs is 7. The van der Waals surface area contributed by atoms with Crippen molar-refractivity contribution in [2.45, 2.75) is 53.4 Å². The molecule has 0 spiro atoms. The van der Waals surface area contributed by atoms with Crippen LogP contribution in [0.5, 0.6) is 0 Å². The van der Waals surface area contributed by atoms with Gasteiger partial charge in [0.05, 0.1) is 22.8 Å². The first kappa shape index (κ1) is 20.6. The number of hydrogen-bond acceptors (Lipinski definition) is 2. The molecule has 0 radical (unpaired) electrons. The lowest BCUT2D eigenvalue weighted by Crippen LogP contribution is -2.00. The third-order valence-electron chi connectivity index (χ3n) is 6.82. The van der Waals surface area contributed by atoms with Crippen LogP contribution in [0.25, 0.3) is 23.3 Å². The Hall–Kier alpha value is -3.26. The van der Waals surface area contributed by atoms with Gasteiger partial charge in [-0.05, 0) is 101 Å². The van der Waals surface area contributed by atoms with Crippen molar-refractivity contribution in [1.29, 1.82) is 0 Å². The van der Waals surface area contributed by atoms with Gasteiger partial charge >= 0.3 is 0 Å². The zero-order valence-electron chi connectivity index (χ0n) is 19.5. The van der Waals surface area contributed by atoms with E-state index in [1.807, 2.05) is 0 Å². The zero-order chi connectivity index (χ0) is 22.2. The van der Waals surface area contributed by atoms with E-state index in [0.29, 0.717) is 0 Å². The second kappa shape index (κ2) is 8.35. The van der Waals surface area contributed by atoms with Crippen molar-refractivity contribution in [2.75, 3.05) is 0 Å². The molecule has 3 aliphatic heterocycles.